The lowest BCUT2D eigenvalue weighted by atomic mass is 10.1. The first-order valence-corrected chi connectivity index (χ1v) is 7.25. The molecule has 19 heavy (non-hydrogen) atoms. The van der Waals surface area contributed by atoms with Gasteiger partial charge in [0.25, 0.3) is 5.19 Å². The van der Waals surface area contributed by atoms with E-state index in [1.165, 1.54) is 0 Å². The summed E-state index contributed by atoms with van der Waals surface area (Å²) in [6.45, 7) is 4.50. The van der Waals surface area contributed by atoms with E-state index < -0.39 is 0 Å². The molecule has 0 spiro atoms. The maximum absolute atomic E-state index is 5.83. The summed E-state index contributed by atoms with van der Waals surface area (Å²) in [5.41, 5.74) is 0. The van der Waals surface area contributed by atoms with Gasteiger partial charge in [-0.05, 0) is 12.8 Å². The fourth-order valence-electron chi connectivity index (χ4n) is 2.19. The second-order valence-electron chi connectivity index (χ2n) is 4.61. The minimum Gasteiger partial charge on any atom is -0.467 e. The largest absolute Gasteiger partial charge is 0.467 e. The Balaban J connectivity index is 1.46. The Labute approximate surface area is 115 Å². The van der Waals surface area contributed by atoms with E-state index in [2.05, 4.69) is 20.1 Å². The van der Waals surface area contributed by atoms with Crippen LogP contribution in [0.25, 0.3) is 0 Å². The molecule has 0 aliphatic carbocycles. The molecule has 1 saturated heterocycles. The molecule has 0 N–H and O–H groups in total. The predicted molar refractivity (Wildman–Crippen MR) is 70.1 cm³/mol. The second kappa shape index (κ2) is 5.66. The molecular weight excluding hydrogens is 264 g/mol. The van der Waals surface area contributed by atoms with Gasteiger partial charge in [-0.3, -0.25) is 4.90 Å². The van der Waals surface area contributed by atoms with Crippen LogP contribution in [-0.2, 0) is 6.54 Å². The summed E-state index contributed by atoms with van der Waals surface area (Å²) in [4.78, 5) is 6.46. The number of aryl methyl sites for hydroxylation is 1. The fraction of sp³-hybridized carbons (Fsp3) is 0.583. The molecule has 3 heterocycles. The Morgan fingerprint density at radius 2 is 2.26 bits per heavy atom. The fourth-order valence-corrected chi connectivity index (χ4v) is 2.74. The summed E-state index contributed by atoms with van der Waals surface area (Å²) in [6.07, 6.45) is 4.05. The Bertz CT molecular complexity index is 506. The van der Waals surface area contributed by atoms with Crippen LogP contribution in [0.3, 0.4) is 0 Å². The summed E-state index contributed by atoms with van der Waals surface area (Å²) >= 11 is 1.54. The highest BCUT2D eigenvalue weighted by Gasteiger charge is 2.22. The zero-order chi connectivity index (χ0) is 13.1. The van der Waals surface area contributed by atoms with E-state index in [0.717, 1.165) is 37.7 Å². The molecule has 0 radical (unpaired) electrons. The molecular formula is C12H16N4O2S. The molecule has 102 valence electrons. The molecule has 0 amide bonds. The zero-order valence-corrected chi connectivity index (χ0v) is 11.6. The van der Waals surface area contributed by atoms with Gasteiger partial charge in [-0.1, -0.05) is 11.3 Å². The van der Waals surface area contributed by atoms with Crippen LogP contribution >= 0.6 is 11.3 Å². The van der Waals surface area contributed by atoms with Crippen molar-refractivity contribution < 1.29 is 9.15 Å². The molecule has 0 atom stereocenters. The Hall–Kier alpha value is -1.47. The number of piperidine rings is 1. The van der Waals surface area contributed by atoms with Crippen molar-refractivity contribution in [3.8, 4) is 5.19 Å². The van der Waals surface area contributed by atoms with Crippen LogP contribution in [0.1, 0.15) is 24.6 Å². The van der Waals surface area contributed by atoms with Crippen molar-refractivity contribution in [1.82, 2.24) is 20.1 Å². The molecule has 1 aliphatic rings. The van der Waals surface area contributed by atoms with Gasteiger partial charge in [0.15, 0.2) is 0 Å². The van der Waals surface area contributed by atoms with Gasteiger partial charge in [0.2, 0.25) is 11.8 Å². The van der Waals surface area contributed by atoms with E-state index in [1.54, 1.807) is 17.5 Å². The first kappa shape index (κ1) is 12.6. The summed E-state index contributed by atoms with van der Waals surface area (Å²) < 4.78 is 11.2. The molecule has 0 bridgehead atoms. The van der Waals surface area contributed by atoms with Crippen LogP contribution in [0.4, 0.5) is 0 Å². The second-order valence-corrected chi connectivity index (χ2v) is 5.46. The van der Waals surface area contributed by atoms with Gasteiger partial charge >= 0.3 is 0 Å². The molecule has 7 heteroatoms. The van der Waals surface area contributed by atoms with Crippen LogP contribution in [0.2, 0.25) is 0 Å². The lowest BCUT2D eigenvalue weighted by Crippen LogP contribution is -2.37. The monoisotopic (exact) mass is 280 g/mol. The van der Waals surface area contributed by atoms with E-state index in [1.807, 2.05) is 12.3 Å². The third kappa shape index (κ3) is 3.30. The van der Waals surface area contributed by atoms with Crippen molar-refractivity contribution in [2.45, 2.75) is 32.4 Å². The highest BCUT2D eigenvalue weighted by atomic mass is 32.1. The van der Waals surface area contributed by atoms with E-state index in [9.17, 15) is 0 Å². The summed E-state index contributed by atoms with van der Waals surface area (Å²) in [5, 5.41) is 10.6. The first-order valence-electron chi connectivity index (χ1n) is 6.37. The molecule has 6 nitrogen and oxygen atoms in total. The molecule has 1 fully saturated rings. The molecule has 3 rings (SSSR count). The third-order valence-corrected chi connectivity index (χ3v) is 3.80. The highest BCUT2D eigenvalue weighted by Crippen LogP contribution is 2.21. The van der Waals surface area contributed by atoms with Crippen LogP contribution in [0, 0.1) is 6.92 Å². The molecule has 2 aromatic rings. The van der Waals surface area contributed by atoms with E-state index in [4.69, 9.17) is 9.15 Å². The highest BCUT2D eigenvalue weighted by molar-refractivity contribution is 7.11. The number of aromatic nitrogens is 3. The van der Waals surface area contributed by atoms with E-state index in [0.29, 0.717) is 11.8 Å². The van der Waals surface area contributed by atoms with Crippen molar-refractivity contribution in [2.75, 3.05) is 13.1 Å². The number of thiazole rings is 1. The maximum atomic E-state index is 5.83. The van der Waals surface area contributed by atoms with Crippen LogP contribution in [0.15, 0.2) is 16.0 Å². The van der Waals surface area contributed by atoms with Crippen molar-refractivity contribution in [1.29, 1.82) is 0 Å². The summed E-state index contributed by atoms with van der Waals surface area (Å²) in [5.74, 6) is 1.31. The van der Waals surface area contributed by atoms with Gasteiger partial charge in [-0.2, -0.15) is 0 Å². The van der Waals surface area contributed by atoms with Crippen molar-refractivity contribution >= 4 is 11.3 Å². The van der Waals surface area contributed by atoms with Gasteiger partial charge in [0.05, 0.1) is 6.54 Å². The molecule has 1 aliphatic heterocycles. The standard InChI is InChI=1S/C12H16N4O2S/c1-9-14-15-11(17-9)8-16-5-2-10(3-6-16)18-12-13-4-7-19-12/h4,7,10H,2-3,5-6,8H2,1H3. The molecule has 2 aromatic heterocycles. The van der Waals surface area contributed by atoms with Gasteiger partial charge in [-0.25, -0.2) is 4.98 Å². The average molecular weight is 280 g/mol. The minimum atomic E-state index is 0.270. The zero-order valence-electron chi connectivity index (χ0n) is 10.8. The van der Waals surface area contributed by atoms with Gasteiger partial charge in [0.1, 0.15) is 6.10 Å². The summed E-state index contributed by atoms with van der Waals surface area (Å²) in [6, 6.07) is 0. The van der Waals surface area contributed by atoms with Crippen LogP contribution in [0.5, 0.6) is 5.19 Å². The van der Waals surface area contributed by atoms with Crippen molar-refractivity contribution in [3.05, 3.63) is 23.4 Å². The summed E-state index contributed by atoms with van der Waals surface area (Å²) in [7, 11) is 0. The number of ether oxygens (including phenoxy) is 1. The van der Waals surface area contributed by atoms with E-state index in [-0.39, 0.29) is 6.10 Å². The Kier molecular flexibility index (Phi) is 3.74. The smallest absolute Gasteiger partial charge is 0.273 e. The lowest BCUT2D eigenvalue weighted by molar-refractivity contribution is 0.0914. The minimum absolute atomic E-state index is 0.270. The van der Waals surface area contributed by atoms with Crippen LogP contribution < -0.4 is 4.74 Å². The quantitative estimate of drug-likeness (QED) is 0.852. The lowest BCUT2D eigenvalue weighted by Gasteiger charge is -2.30. The maximum Gasteiger partial charge on any atom is 0.273 e. The first-order chi connectivity index (χ1) is 9.29. The van der Waals surface area contributed by atoms with E-state index >= 15 is 0 Å². The van der Waals surface area contributed by atoms with Crippen molar-refractivity contribution in [2.24, 2.45) is 0 Å². The Morgan fingerprint density at radius 1 is 1.42 bits per heavy atom. The SMILES string of the molecule is Cc1nnc(CN2CCC(Oc3nccs3)CC2)o1. The Morgan fingerprint density at radius 3 is 2.89 bits per heavy atom. The normalized spacial score (nSPS) is 17.7. The average Bonchev–Trinajstić information content (AvgIpc) is 3.04. The van der Waals surface area contributed by atoms with Gasteiger partial charge in [0, 0.05) is 31.6 Å². The number of rotatable bonds is 4. The van der Waals surface area contributed by atoms with Crippen molar-refractivity contribution in [3.63, 3.8) is 0 Å². The number of hydrogen-bond donors (Lipinski definition) is 0. The number of nitrogens with zero attached hydrogens (tertiary/aromatic N) is 4. The van der Waals surface area contributed by atoms with Gasteiger partial charge in [-0.15, -0.1) is 10.2 Å². The predicted octanol–water partition coefficient (Wildman–Crippen LogP) is 1.88. The van der Waals surface area contributed by atoms with Crippen LogP contribution in [-0.4, -0.2) is 39.3 Å². The number of likely N-dealkylation sites (tertiary alicyclic amines) is 1. The van der Waals surface area contributed by atoms with Gasteiger partial charge < -0.3 is 9.15 Å². The number of hydrogen-bond acceptors (Lipinski definition) is 7. The molecule has 0 saturated carbocycles. The molecule has 0 unspecified atom stereocenters. The topological polar surface area (TPSA) is 64.3 Å². The molecule has 0 aromatic carbocycles. The third-order valence-electron chi connectivity index (χ3n) is 3.14.